The highest BCUT2D eigenvalue weighted by Crippen LogP contribution is 2.47. The zero-order valence-corrected chi connectivity index (χ0v) is 24.5. The lowest BCUT2D eigenvalue weighted by molar-refractivity contribution is -0.135. The van der Waals surface area contributed by atoms with E-state index in [-0.39, 0.29) is 18.5 Å². The number of ether oxygens (including phenoxy) is 2. The van der Waals surface area contributed by atoms with Gasteiger partial charge in [-0.2, -0.15) is 0 Å². The maximum absolute atomic E-state index is 14.9. The van der Waals surface area contributed by atoms with Gasteiger partial charge in [-0.1, -0.05) is 121 Å². The van der Waals surface area contributed by atoms with Crippen molar-refractivity contribution < 1.29 is 23.9 Å². The fourth-order valence-corrected chi connectivity index (χ4v) is 9.95. The molecule has 0 saturated carbocycles. The highest BCUT2D eigenvalue weighted by molar-refractivity contribution is 7.97. The Labute approximate surface area is 246 Å². The number of carbonyl (C=O) groups is 3. The molecule has 4 aromatic rings. The molecule has 1 unspecified atom stereocenters. The lowest BCUT2D eigenvalue weighted by atomic mass is 10.1. The predicted octanol–water partition coefficient (Wildman–Crippen LogP) is 5.09. The normalized spacial score (nSPS) is 14.7. The van der Waals surface area contributed by atoms with Crippen LogP contribution >= 0.6 is 6.89 Å². The fraction of sp³-hybridized carbons (Fsp3) is 0.200. The van der Waals surface area contributed by atoms with Crippen LogP contribution in [0, 0.1) is 0 Å². The molecule has 1 aliphatic rings. The molecule has 0 aliphatic carbocycles. The predicted molar refractivity (Wildman–Crippen MR) is 168 cm³/mol. The number of likely N-dealkylation sites (tertiary alicyclic amines) is 1. The maximum Gasteiger partial charge on any atom is 0.410 e. The van der Waals surface area contributed by atoms with Gasteiger partial charge in [0, 0.05) is 6.54 Å². The van der Waals surface area contributed by atoms with E-state index in [2.05, 4.69) is 0 Å². The molecular formula is C35H34NO5P. The van der Waals surface area contributed by atoms with E-state index in [1.54, 1.807) is 6.92 Å². The van der Waals surface area contributed by atoms with Crippen LogP contribution in [-0.4, -0.2) is 47.2 Å². The molecule has 1 fully saturated rings. The van der Waals surface area contributed by atoms with E-state index < -0.39 is 30.8 Å². The molecule has 0 bridgehead atoms. The number of esters is 1. The number of hydrogen-bond acceptors (Lipinski definition) is 5. The van der Waals surface area contributed by atoms with E-state index in [0.29, 0.717) is 19.4 Å². The molecule has 7 heteroatoms. The van der Waals surface area contributed by atoms with Crippen LogP contribution in [0.3, 0.4) is 0 Å². The van der Waals surface area contributed by atoms with Crippen LogP contribution in [0.15, 0.2) is 121 Å². The van der Waals surface area contributed by atoms with E-state index in [9.17, 15) is 14.4 Å². The summed E-state index contributed by atoms with van der Waals surface area (Å²) in [7, 11) is 0. The van der Waals surface area contributed by atoms with Crippen molar-refractivity contribution in [2.75, 3.05) is 13.2 Å². The van der Waals surface area contributed by atoms with Crippen LogP contribution in [-0.2, 0) is 25.7 Å². The second-order valence-corrected chi connectivity index (χ2v) is 13.3. The zero-order chi connectivity index (χ0) is 29.4. The first-order valence-electron chi connectivity index (χ1n) is 14.2. The van der Waals surface area contributed by atoms with Gasteiger partial charge in [-0.25, -0.2) is 9.59 Å². The summed E-state index contributed by atoms with van der Waals surface area (Å²) in [5.41, 5.74) is 0.855. The molecule has 1 amide bonds. The van der Waals surface area contributed by atoms with Crippen LogP contribution in [0.25, 0.3) is 0 Å². The van der Waals surface area contributed by atoms with Gasteiger partial charge in [0.05, 0.1) is 12.6 Å². The second-order valence-electron chi connectivity index (χ2n) is 10.0. The Bertz CT molecular complexity index is 1470. The Balaban J connectivity index is 1.71. The van der Waals surface area contributed by atoms with Crippen LogP contribution < -0.4 is 15.9 Å². The molecule has 0 N–H and O–H groups in total. The topological polar surface area (TPSA) is 72.9 Å². The van der Waals surface area contributed by atoms with Crippen LogP contribution in [0.4, 0.5) is 4.79 Å². The molecule has 42 heavy (non-hydrogen) atoms. The van der Waals surface area contributed by atoms with Crippen LogP contribution in [0.2, 0.25) is 0 Å². The van der Waals surface area contributed by atoms with E-state index in [1.165, 1.54) is 4.90 Å². The van der Waals surface area contributed by atoms with E-state index in [4.69, 9.17) is 9.47 Å². The van der Waals surface area contributed by atoms with E-state index in [1.807, 2.05) is 121 Å². The smallest absolute Gasteiger partial charge is 0.410 e. The summed E-state index contributed by atoms with van der Waals surface area (Å²) in [5.74, 6) is -1.05. The standard InChI is InChI=1S/C35H34NO5P/c1-2-40-34(38)33(32(37)31-24-15-25-36(31)35(39)41-26-27-16-7-3-8-17-27)42(28-18-9-4-10-19-28,29-20-11-5-12-21-29)30-22-13-6-14-23-30/h3-14,16-23,31H,2,15,24-26H2,1H3. The molecule has 4 aromatic carbocycles. The van der Waals surface area contributed by atoms with Gasteiger partial charge in [0.25, 0.3) is 0 Å². The van der Waals surface area contributed by atoms with Crippen molar-refractivity contribution in [3.05, 3.63) is 127 Å². The number of nitrogens with zero attached hydrogens (tertiary/aromatic N) is 1. The molecular weight excluding hydrogens is 545 g/mol. The molecule has 1 atom stereocenters. The highest BCUT2D eigenvalue weighted by atomic mass is 31.2. The minimum Gasteiger partial charge on any atom is -0.462 e. The molecule has 1 aliphatic heterocycles. The first-order chi connectivity index (χ1) is 20.6. The van der Waals surface area contributed by atoms with Crippen LogP contribution in [0.5, 0.6) is 0 Å². The number of ketones is 1. The zero-order valence-electron chi connectivity index (χ0n) is 23.6. The van der Waals surface area contributed by atoms with Crippen LogP contribution in [0.1, 0.15) is 25.3 Å². The van der Waals surface area contributed by atoms with Crippen molar-refractivity contribution >= 4 is 45.9 Å². The molecule has 214 valence electrons. The monoisotopic (exact) mass is 579 g/mol. The third-order valence-electron chi connectivity index (χ3n) is 7.46. The summed E-state index contributed by atoms with van der Waals surface area (Å²) in [6.07, 6.45) is 0.488. The van der Waals surface area contributed by atoms with E-state index in [0.717, 1.165) is 21.5 Å². The molecule has 0 radical (unpaired) electrons. The van der Waals surface area contributed by atoms with Crippen molar-refractivity contribution in [3.63, 3.8) is 0 Å². The first-order valence-corrected chi connectivity index (χ1v) is 16.0. The van der Waals surface area contributed by atoms with Gasteiger partial charge in [-0.3, -0.25) is 9.69 Å². The maximum atomic E-state index is 14.9. The van der Waals surface area contributed by atoms with Crippen molar-refractivity contribution in [1.82, 2.24) is 4.90 Å². The molecule has 5 rings (SSSR count). The molecule has 6 nitrogen and oxygen atoms in total. The molecule has 0 spiro atoms. The highest BCUT2D eigenvalue weighted by Gasteiger charge is 2.44. The van der Waals surface area contributed by atoms with Gasteiger partial charge in [-0.05, 0) is 48.1 Å². The quantitative estimate of drug-likeness (QED) is 0.157. The van der Waals surface area contributed by atoms with Crippen molar-refractivity contribution in [2.45, 2.75) is 32.4 Å². The Morgan fingerprint density at radius 1 is 0.714 bits per heavy atom. The summed E-state index contributed by atoms with van der Waals surface area (Å²) in [6.45, 7) is -0.752. The lowest BCUT2D eigenvalue weighted by Crippen LogP contribution is -2.48. The summed E-state index contributed by atoms with van der Waals surface area (Å²) >= 11 is 0. The van der Waals surface area contributed by atoms with Gasteiger partial charge in [-0.15, -0.1) is 0 Å². The number of benzene rings is 4. The Morgan fingerprint density at radius 2 is 1.19 bits per heavy atom. The summed E-state index contributed by atoms with van der Waals surface area (Å²) in [5, 5.41) is 2.65. The Hall–Kier alpha value is -4.41. The summed E-state index contributed by atoms with van der Waals surface area (Å²) < 4.78 is 11.3. The molecule has 1 saturated heterocycles. The molecule has 0 aromatic heterocycles. The average Bonchev–Trinajstić information content (AvgIpc) is 3.54. The van der Waals surface area contributed by atoms with Crippen molar-refractivity contribution in [2.24, 2.45) is 0 Å². The molecule has 1 heterocycles. The van der Waals surface area contributed by atoms with Gasteiger partial charge < -0.3 is 9.47 Å². The number of rotatable bonds is 9. The van der Waals surface area contributed by atoms with Gasteiger partial charge in [0.15, 0.2) is 5.78 Å². The minimum absolute atomic E-state index is 0.0840. The summed E-state index contributed by atoms with van der Waals surface area (Å²) in [6, 6.07) is 37.7. The minimum atomic E-state index is -3.06. The van der Waals surface area contributed by atoms with Crippen molar-refractivity contribution in [3.8, 4) is 0 Å². The third kappa shape index (κ3) is 5.81. The number of hydrogen-bond donors (Lipinski definition) is 0. The first kappa shape index (κ1) is 29.1. The SMILES string of the molecule is CCOC(=O)C(C(=O)C1CCCN1C(=O)OCc1ccccc1)=P(c1ccccc1)(c1ccccc1)c1ccccc1. The van der Waals surface area contributed by atoms with Gasteiger partial charge >= 0.3 is 12.1 Å². The van der Waals surface area contributed by atoms with Gasteiger partial charge in [0.2, 0.25) is 0 Å². The van der Waals surface area contributed by atoms with Crippen molar-refractivity contribution in [1.29, 1.82) is 0 Å². The lowest BCUT2D eigenvalue weighted by Gasteiger charge is -2.33. The number of amides is 1. The Kier molecular flexibility index (Phi) is 9.35. The van der Waals surface area contributed by atoms with E-state index >= 15 is 0 Å². The third-order valence-corrected chi connectivity index (χ3v) is 11.8. The number of Topliss-reactive ketones (excluding diaryl/α,β-unsaturated/α-hetero) is 1. The average molecular weight is 580 g/mol. The summed E-state index contributed by atoms with van der Waals surface area (Å²) in [4.78, 5) is 43.8. The van der Waals surface area contributed by atoms with Gasteiger partial charge in [0.1, 0.15) is 11.9 Å². The number of carbonyl (C=O) groups excluding carboxylic acids is 3. The Morgan fingerprint density at radius 3 is 1.67 bits per heavy atom. The largest absolute Gasteiger partial charge is 0.462 e. The second kappa shape index (κ2) is 13.5. The fourth-order valence-electron chi connectivity index (χ4n) is 5.61.